The number of nitrogens with zero attached hydrogens (tertiary/aromatic N) is 4. The molecule has 1 N–H and O–H groups in total. The first-order valence-corrected chi connectivity index (χ1v) is 9.89. The summed E-state index contributed by atoms with van der Waals surface area (Å²) in [5.74, 6) is 0.270. The van der Waals surface area contributed by atoms with Crippen LogP contribution in [0.4, 0.5) is 5.82 Å². The van der Waals surface area contributed by atoms with Gasteiger partial charge < -0.3 is 5.32 Å². The first-order valence-electron chi connectivity index (χ1n) is 9.89. The lowest BCUT2D eigenvalue weighted by atomic mass is 10.1. The highest BCUT2D eigenvalue weighted by molar-refractivity contribution is 5.90. The number of anilines is 1. The summed E-state index contributed by atoms with van der Waals surface area (Å²) < 4.78 is 3.05. The lowest BCUT2D eigenvalue weighted by Gasteiger charge is -2.11. The number of hydrogen-bond acceptors (Lipinski definition) is 4. The van der Waals surface area contributed by atoms with Gasteiger partial charge in [0.05, 0.1) is 30.0 Å². The zero-order valence-electron chi connectivity index (χ0n) is 17.0. The molecule has 2 heterocycles. The van der Waals surface area contributed by atoms with E-state index in [0.717, 1.165) is 17.5 Å². The Labute approximate surface area is 174 Å². The van der Waals surface area contributed by atoms with E-state index in [1.807, 2.05) is 19.1 Å². The summed E-state index contributed by atoms with van der Waals surface area (Å²) in [7, 11) is 0. The lowest BCUT2D eigenvalue weighted by molar-refractivity contribution is -0.116. The van der Waals surface area contributed by atoms with Gasteiger partial charge in [0.25, 0.3) is 5.56 Å². The fraction of sp³-hybridized carbons (Fsp3) is 0.217. The monoisotopic (exact) mass is 401 g/mol. The van der Waals surface area contributed by atoms with Gasteiger partial charge >= 0.3 is 0 Å². The minimum absolute atomic E-state index is 0.119. The number of para-hydroxylation sites is 1. The van der Waals surface area contributed by atoms with E-state index in [0.29, 0.717) is 23.3 Å². The number of aromatic nitrogens is 4. The Kier molecular flexibility index (Phi) is 5.43. The molecule has 4 rings (SSSR count). The van der Waals surface area contributed by atoms with Crippen LogP contribution in [0.5, 0.6) is 0 Å². The maximum absolute atomic E-state index is 12.7. The van der Waals surface area contributed by atoms with E-state index < -0.39 is 0 Å². The average molecular weight is 401 g/mol. The molecule has 0 aliphatic rings. The molecule has 0 fully saturated rings. The summed E-state index contributed by atoms with van der Waals surface area (Å²) in [5, 5.41) is 7.65. The van der Waals surface area contributed by atoms with Crippen LogP contribution in [0.15, 0.2) is 65.8 Å². The van der Waals surface area contributed by atoms with Crippen molar-refractivity contribution in [3.63, 3.8) is 0 Å². The largest absolute Gasteiger partial charge is 0.309 e. The standard InChI is InChI=1S/C23H23N5O2/c1-3-17-7-9-18(10-8-17)13-28-20(11-12-25-28)26-21(29)14-27-15-24-22-16(2)5-4-6-19(22)23(27)30/h4-12,15H,3,13-14H2,1-2H3,(H,26,29). The smallest absolute Gasteiger partial charge is 0.261 e. The third-order valence-electron chi connectivity index (χ3n) is 5.12. The molecule has 2 aromatic heterocycles. The minimum Gasteiger partial charge on any atom is -0.309 e. The van der Waals surface area contributed by atoms with Gasteiger partial charge in [-0.1, -0.05) is 43.3 Å². The molecule has 0 saturated heterocycles. The van der Waals surface area contributed by atoms with E-state index in [9.17, 15) is 9.59 Å². The van der Waals surface area contributed by atoms with Crippen molar-refractivity contribution in [1.82, 2.24) is 19.3 Å². The molecule has 152 valence electrons. The molecule has 0 saturated carbocycles. The number of amides is 1. The fourth-order valence-corrected chi connectivity index (χ4v) is 3.41. The summed E-state index contributed by atoms with van der Waals surface area (Å²) in [5.41, 5.74) is 3.72. The summed E-state index contributed by atoms with van der Waals surface area (Å²) in [6.45, 7) is 4.45. The molecule has 0 spiro atoms. The van der Waals surface area contributed by atoms with E-state index in [2.05, 4.69) is 46.6 Å². The Morgan fingerprint density at radius 1 is 1.07 bits per heavy atom. The van der Waals surface area contributed by atoms with Crippen LogP contribution in [0.1, 0.15) is 23.6 Å². The second-order valence-corrected chi connectivity index (χ2v) is 7.24. The van der Waals surface area contributed by atoms with Crippen molar-refractivity contribution in [3.05, 3.63) is 88.1 Å². The third-order valence-corrected chi connectivity index (χ3v) is 5.12. The van der Waals surface area contributed by atoms with Crippen LogP contribution >= 0.6 is 0 Å². The van der Waals surface area contributed by atoms with Crippen LogP contribution in [0, 0.1) is 6.92 Å². The highest BCUT2D eigenvalue weighted by Crippen LogP contribution is 2.13. The predicted molar refractivity (Wildman–Crippen MR) is 117 cm³/mol. The minimum atomic E-state index is -0.311. The molecule has 0 aliphatic heterocycles. The average Bonchev–Trinajstić information content (AvgIpc) is 3.17. The van der Waals surface area contributed by atoms with Crippen molar-refractivity contribution in [2.45, 2.75) is 33.4 Å². The number of nitrogens with one attached hydrogen (secondary N) is 1. The Hall–Kier alpha value is -3.74. The Balaban J connectivity index is 1.49. The van der Waals surface area contributed by atoms with Crippen molar-refractivity contribution in [3.8, 4) is 0 Å². The van der Waals surface area contributed by atoms with Crippen molar-refractivity contribution in [2.24, 2.45) is 0 Å². The molecule has 1 amide bonds. The molecule has 0 radical (unpaired) electrons. The Morgan fingerprint density at radius 2 is 1.83 bits per heavy atom. The summed E-state index contributed by atoms with van der Waals surface area (Å²) >= 11 is 0. The van der Waals surface area contributed by atoms with Crippen molar-refractivity contribution >= 4 is 22.6 Å². The molecule has 30 heavy (non-hydrogen) atoms. The molecule has 7 nitrogen and oxygen atoms in total. The Bertz CT molecular complexity index is 1250. The van der Waals surface area contributed by atoms with Gasteiger partial charge in [-0.05, 0) is 36.1 Å². The highest BCUT2D eigenvalue weighted by Gasteiger charge is 2.12. The maximum atomic E-state index is 12.7. The first-order chi connectivity index (χ1) is 14.5. The number of carbonyl (C=O) groups excluding carboxylic acids is 1. The van der Waals surface area contributed by atoms with Crippen LogP contribution in [0.3, 0.4) is 0 Å². The van der Waals surface area contributed by atoms with Crippen molar-refractivity contribution in [1.29, 1.82) is 0 Å². The second kappa shape index (κ2) is 8.32. The van der Waals surface area contributed by atoms with Gasteiger partial charge in [-0.15, -0.1) is 0 Å². The number of aryl methyl sites for hydroxylation is 2. The summed E-state index contributed by atoms with van der Waals surface area (Å²) in [6, 6.07) is 15.5. The third kappa shape index (κ3) is 4.00. The van der Waals surface area contributed by atoms with Crippen LogP contribution in [-0.2, 0) is 24.3 Å². The van der Waals surface area contributed by atoms with Gasteiger partial charge in [0.15, 0.2) is 0 Å². The fourth-order valence-electron chi connectivity index (χ4n) is 3.41. The zero-order chi connectivity index (χ0) is 21.1. The molecule has 0 atom stereocenters. The van der Waals surface area contributed by atoms with Crippen LogP contribution in [0.25, 0.3) is 10.9 Å². The summed E-state index contributed by atoms with van der Waals surface area (Å²) in [6.07, 6.45) is 4.05. The molecule has 0 bridgehead atoms. The molecule has 2 aromatic carbocycles. The number of carbonyl (C=O) groups is 1. The van der Waals surface area contributed by atoms with Crippen LogP contribution in [0.2, 0.25) is 0 Å². The number of hydrogen-bond donors (Lipinski definition) is 1. The van der Waals surface area contributed by atoms with E-state index in [4.69, 9.17) is 0 Å². The molecule has 0 aliphatic carbocycles. The van der Waals surface area contributed by atoms with Gasteiger partial charge in [0.2, 0.25) is 5.91 Å². The number of rotatable bonds is 6. The number of fused-ring (bicyclic) bond motifs is 1. The highest BCUT2D eigenvalue weighted by atomic mass is 16.2. The lowest BCUT2D eigenvalue weighted by Crippen LogP contribution is -2.28. The molecule has 0 unspecified atom stereocenters. The van der Waals surface area contributed by atoms with Gasteiger partial charge in [0, 0.05) is 6.07 Å². The number of benzene rings is 2. The van der Waals surface area contributed by atoms with Crippen molar-refractivity contribution in [2.75, 3.05) is 5.32 Å². The van der Waals surface area contributed by atoms with E-state index >= 15 is 0 Å². The van der Waals surface area contributed by atoms with Gasteiger partial charge in [0.1, 0.15) is 12.4 Å². The zero-order valence-corrected chi connectivity index (χ0v) is 17.0. The van der Waals surface area contributed by atoms with E-state index in [1.165, 1.54) is 16.5 Å². The normalized spacial score (nSPS) is 11.0. The molecule has 7 heteroatoms. The second-order valence-electron chi connectivity index (χ2n) is 7.24. The SMILES string of the molecule is CCc1ccc(Cn2nccc2NC(=O)Cn2cnc3c(C)cccc3c2=O)cc1. The van der Waals surface area contributed by atoms with Gasteiger partial charge in [-0.3, -0.25) is 14.2 Å². The Morgan fingerprint density at radius 3 is 2.60 bits per heavy atom. The van der Waals surface area contributed by atoms with E-state index in [1.54, 1.807) is 23.0 Å². The maximum Gasteiger partial charge on any atom is 0.261 e. The molecule has 4 aromatic rings. The quantitative estimate of drug-likeness (QED) is 0.538. The molecular formula is C23H23N5O2. The van der Waals surface area contributed by atoms with Crippen molar-refractivity contribution < 1.29 is 4.79 Å². The summed E-state index contributed by atoms with van der Waals surface area (Å²) in [4.78, 5) is 29.6. The predicted octanol–water partition coefficient (Wildman–Crippen LogP) is 3.15. The van der Waals surface area contributed by atoms with Gasteiger partial charge in [-0.2, -0.15) is 5.10 Å². The van der Waals surface area contributed by atoms with Crippen LogP contribution in [-0.4, -0.2) is 25.2 Å². The molecular weight excluding hydrogens is 378 g/mol. The van der Waals surface area contributed by atoms with Crippen LogP contribution < -0.4 is 10.9 Å². The topological polar surface area (TPSA) is 81.8 Å². The van der Waals surface area contributed by atoms with E-state index in [-0.39, 0.29) is 18.0 Å². The first kappa shape index (κ1) is 19.6. The van der Waals surface area contributed by atoms with Gasteiger partial charge in [-0.25, -0.2) is 9.67 Å².